The first kappa shape index (κ1) is 14.8. The van der Waals surface area contributed by atoms with E-state index in [4.69, 9.17) is 5.73 Å². The van der Waals surface area contributed by atoms with Gasteiger partial charge in [-0.15, -0.1) is 11.3 Å². The summed E-state index contributed by atoms with van der Waals surface area (Å²) in [6, 6.07) is 5.82. The lowest BCUT2D eigenvalue weighted by Gasteiger charge is -2.34. The van der Waals surface area contributed by atoms with Gasteiger partial charge in [0.1, 0.15) is 4.88 Å². The summed E-state index contributed by atoms with van der Waals surface area (Å²) in [5.74, 6) is 0.162. The molecule has 2 atom stereocenters. The van der Waals surface area contributed by atoms with E-state index in [2.05, 4.69) is 15.9 Å². The number of piperidine rings is 1. The van der Waals surface area contributed by atoms with E-state index in [0.717, 1.165) is 21.0 Å². The van der Waals surface area contributed by atoms with E-state index in [1.165, 1.54) is 11.3 Å². The third-order valence-corrected chi connectivity index (χ3v) is 5.92. The van der Waals surface area contributed by atoms with Crippen molar-refractivity contribution in [1.29, 1.82) is 0 Å². The van der Waals surface area contributed by atoms with Crippen molar-refractivity contribution in [2.75, 3.05) is 18.8 Å². The third-order valence-electron chi connectivity index (χ3n) is 4.10. The van der Waals surface area contributed by atoms with Crippen LogP contribution < -0.4 is 5.73 Å². The van der Waals surface area contributed by atoms with Gasteiger partial charge in [0.05, 0.1) is 11.8 Å². The van der Waals surface area contributed by atoms with E-state index in [-0.39, 0.29) is 11.8 Å². The molecule has 2 unspecified atom stereocenters. The molecular formula is C15H17BrN2O2S. The molecular weight excluding hydrogens is 352 g/mol. The fraction of sp³-hybridized carbons (Fsp3) is 0.400. The Balaban J connectivity index is 1.95. The second kappa shape index (κ2) is 5.59. The van der Waals surface area contributed by atoms with Gasteiger partial charge in [-0.05, 0) is 24.5 Å². The summed E-state index contributed by atoms with van der Waals surface area (Å²) in [7, 11) is 0. The number of aliphatic hydroxyl groups is 1. The zero-order chi connectivity index (χ0) is 15.1. The Morgan fingerprint density at radius 3 is 2.95 bits per heavy atom. The maximum atomic E-state index is 12.7. The molecule has 1 saturated heterocycles. The van der Waals surface area contributed by atoms with Crippen molar-refractivity contribution in [3.05, 3.63) is 27.5 Å². The smallest absolute Gasteiger partial charge is 0.266 e. The standard InChI is InChI=1S/C15H17BrN2O2S/c1-8-5-6-18(7-10(8)19)15(20)14-13(17)12-9(16)3-2-4-11(12)21-14/h2-4,8,10,19H,5-7,17H2,1H3. The SMILES string of the molecule is CC1CCN(C(=O)c2sc3cccc(Br)c3c2N)CC1O. The lowest BCUT2D eigenvalue weighted by Crippen LogP contribution is -2.45. The molecule has 1 fully saturated rings. The van der Waals surface area contributed by atoms with Crippen LogP contribution in [0.25, 0.3) is 10.1 Å². The molecule has 3 N–H and O–H groups in total. The van der Waals surface area contributed by atoms with Crippen molar-refractivity contribution in [2.45, 2.75) is 19.4 Å². The van der Waals surface area contributed by atoms with E-state index in [0.29, 0.717) is 23.7 Å². The second-order valence-corrected chi connectivity index (χ2v) is 7.45. The number of nitrogens with zero attached hydrogens (tertiary/aromatic N) is 1. The van der Waals surface area contributed by atoms with Gasteiger partial charge >= 0.3 is 0 Å². The number of amides is 1. The van der Waals surface area contributed by atoms with Crippen LogP contribution in [-0.2, 0) is 0 Å². The Bertz CT molecular complexity index is 700. The molecule has 2 heterocycles. The molecule has 1 aliphatic heterocycles. The number of nitrogens with two attached hydrogens (primary N) is 1. The minimum absolute atomic E-state index is 0.0773. The van der Waals surface area contributed by atoms with Crippen LogP contribution in [0.3, 0.4) is 0 Å². The first-order chi connectivity index (χ1) is 9.99. The quantitative estimate of drug-likeness (QED) is 0.812. The van der Waals surface area contributed by atoms with Gasteiger partial charge in [0, 0.05) is 27.6 Å². The number of rotatable bonds is 1. The van der Waals surface area contributed by atoms with Crippen LogP contribution in [0.1, 0.15) is 23.0 Å². The van der Waals surface area contributed by atoms with Crippen LogP contribution in [0.15, 0.2) is 22.7 Å². The molecule has 0 spiro atoms. The van der Waals surface area contributed by atoms with Gasteiger partial charge in [-0.1, -0.05) is 28.9 Å². The van der Waals surface area contributed by atoms with Crippen LogP contribution in [0.5, 0.6) is 0 Å². The van der Waals surface area contributed by atoms with Crippen molar-refractivity contribution in [1.82, 2.24) is 4.90 Å². The zero-order valence-electron chi connectivity index (χ0n) is 11.7. The Kier molecular flexibility index (Phi) is 3.94. The van der Waals surface area contributed by atoms with E-state index < -0.39 is 6.10 Å². The van der Waals surface area contributed by atoms with Gasteiger partial charge in [-0.2, -0.15) is 0 Å². The molecule has 0 radical (unpaired) electrons. The average Bonchev–Trinajstić information content (AvgIpc) is 2.80. The topological polar surface area (TPSA) is 66.6 Å². The summed E-state index contributed by atoms with van der Waals surface area (Å²) >= 11 is 4.90. The van der Waals surface area contributed by atoms with Crippen molar-refractivity contribution >= 4 is 48.9 Å². The van der Waals surface area contributed by atoms with Gasteiger partial charge in [0.25, 0.3) is 5.91 Å². The summed E-state index contributed by atoms with van der Waals surface area (Å²) in [5.41, 5.74) is 6.71. The highest BCUT2D eigenvalue weighted by atomic mass is 79.9. The normalized spacial score (nSPS) is 22.7. The molecule has 6 heteroatoms. The highest BCUT2D eigenvalue weighted by molar-refractivity contribution is 9.10. The molecule has 0 aliphatic carbocycles. The van der Waals surface area contributed by atoms with Gasteiger partial charge in [-0.25, -0.2) is 0 Å². The molecule has 1 aromatic heterocycles. The van der Waals surface area contributed by atoms with E-state index in [1.807, 2.05) is 25.1 Å². The predicted octanol–water partition coefficient (Wildman–Crippen LogP) is 3.09. The molecule has 1 aliphatic rings. The molecule has 3 rings (SSSR count). The number of aliphatic hydroxyl groups excluding tert-OH is 1. The highest BCUT2D eigenvalue weighted by Gasteiger charge is 2.30. The number of hydrogen-bond acceptors (Lipinski definition) is 4. The summed E-state index contributed by atoms with van der Waals surface area (Å²) < 4.78 is 1.90. The van der Waals surface area contributed by atoms with Crippen LogP contribution in [-0.4, -0.2) is 35.1 Å². The molecule has 1 amide bonds. The molecule has 21 heavy (non-hydrogen) atoms. The lowest BCUT2D eigenvalue weighted by molar-refractivity contribution is 0.0252. The number of fused-ring (bicyclic) bond motifs is 1. The number of β-amino-alcohol motifs (C(OH)–C–C–N with tert-alkyl or cyclic N) is 1. The molecule has 0 saturated carbocycles. The summed E-state index contributed by atoms with van der Waals surface area (Å²) in [6.45, 7) is 3.07. The van der Waals surface area contributed by atoms with E-state index in [9.17, 15) is 9.90 Å². The number of benzene rings is 1. The number of likely N-dealkylation sites (tertiary alicyclic amines) is 1. The number of anilines is 1. The van der Waals surface area contributed by atoms with Crippen molar-refractivity contribution in [2.24, 2.45) is 5.92 Å². The van der Waals surface area contributed by atoms with Crippen LogP contribution >= 0.6 is 27.3 Å². The zero-order valence-corrected chi connectivity index (χ0v) is 14.1. The molecule has 1 aromatic carbocycles. The summed E-state index contributed by atoms with van der Waals surface area (Å²) in [4.78, 5) is 15.0. The Labute approximate surface area is 135 Å². The van der Waals surface area contributed by atoms with Gasteiger partial charge in [0.2, 0.25) is 0 Å². The number of nitrogen functional groups attached to an aromatic ring is 1. The maximum Gasteiger partial charge on any atom is 0.266 e. The molecule has 112 valence electrons. The van der Waals surface area contributed by atoms with Crippen molar-refractivity contribution < 1.29 is 9.90 Å². The number of thiophene rings is 1. The third kappa shape index (κ3) is 2.56. The monoisotopic (exact) mass is 368 g/mol. The van der Waals surface area contributed by atoms with E-state index >= 15 is 0 Å². The summed E-state index contributed by atoms with van der Waals surface area (Å²) in [6.07, 6.45) is 0.367. The van der Waals surface area contributed by atoms with Gasteiger partial charge in [0.15, 0.2) is 0 Å². The van der Waals surface area contributed by atoms with Crippen LogP contribution in [0.2, 0.25) is 0 Å². The van der Waals surface area contributed by atoms with Crippen LogP contribution in [0.4, 0.5) is 5.69 Å². The minimum atomic E-state index is -0.454. The average molecular weight is 369 g/mol. The number of carbonyl (C=O) groups is 1. The van der Waals surface area contributed by atoms with E-state index in [1.54, 1.807) is 4.90 Å². The fourth-order valence-corrected chi connectivity index (χ4v) is 4.49. The van der Waals surface area contributed by atoms with Crippen molar-refractivity contribution in [3.8, 4) is 0 Å². The molecule has 0 bridgehead atoms. The fourth-order valence-electron chi connectivity index (χ4n) is 2.67. The second-order valence-electron chi connectivity index (χ2n) is 5.54. The Morgan fingerprint density at radius 1 is 1.52 bits per heavy atom. The van der Waals surface area contributed by atoms with Crippen LogP contribution in [0, 0.1) is 5.92 Å². The highest BCUT2D eigenvalue weighted by Crippen LogP contribution is 2.39. The predicted molar refractivity (Wildman–Crippen MR) is 89.6 cm³/mol. The molecule has 2 aromatic rings. The Morgan fingerprint density at radius 2 is 2.29 bits per heavy atom. The molecule has 4 nitrogen and oxygen atoms in total. The van der Waals surface area contributed by atoms with Gasteiger partial charge < -0.3 is 15.7 Å². The lowest BCUT2D eigenvalue weighted by atomic mass is 9.96. The number of carbonyl (C=O) groups excluding carboxylic acids is 1. The van der Waals surface area contributed by atoms with Gasteiger partial charge in [-0.3, -0.25) is 4.79 Å². The largest absolute Gasteiger partial charge is 0.397 e. The number of halogens is 1. The summed E-state index contributed by atoms with van der Waals surface area (Å²) in [5, 5.41) is 10.9. The Hall–Kier alpha value is -1.11. The minimum Gasteiger partial charge on any atom is -0.397 e. The van der Waals surface area contributed by atoms with Crippen molar-refractivity contribution in [3.63, 3.8) is 0 Å². The first-order valence-corrected chi connectivity index (χ1v) is 8.53. The maximum absolute atomic E-state index is 12.7. The first-order valence-electron chi connectivity index (χ1n) is 6.93. The number of hydrogen-bond donors (Lipinski definition) is 2.